The molecule has 4 heteroatoms. The van der Waals surface area contributed by atoms with E-state index in [9.17, 15) is 8.78 Å². The number of hydrazine groups is 1. The van der Waals surface area contributed by atoms with Crippen LogP contribution in [-0.4, -0.2) is 0 Å². The molecule has 2 rings (SSSR count). The van der Waals surface area contributed by atoms with Gasteiger partial charge in [-0.2, -0.15) is 0 Å². The smallest absolute Gasteiger partial charge is 0.131 e. The number of allylic oxidation sites excluding steroid dienone is 1. The molecular formula is C15H20F2N2. The summed E-state index contributed by atoms with van der Waals surface area (Å²) in [5.74, 6) is 4.44. The van der Waals surface area contributed by atoms with E-state index in [1.807, 2.05) is 0 Å². The molecule has 1 aliphatic carbocycles. The van der Waals surface area contributed by atoms with Crippen molar-refractivity contribution in [2.24, 2.45) is 5.84 Å². The number of hydrogen-bond acceptors (Lipinski definition) is 2. The van der Waals surface area contributed by atoms with Crippen LogP contribution in [0.25, 0.3) is 0 Å². The second-order valence-electron chi connectivity index (χ2n) is 4.97. The fraction of sp³-hybridized carbons (Fsp3) is 0.467. The molecule has 0 saturated heterocycles. The Morgan fingerprint density at radius 2 is 1.74 bits per heavy atom. The second-order valence-corrected chi connectivity index (χ2v) is 4.97. The largest absolute Gasteiger partial charge is 0.271 e. The molecule has 0 spiro atoms. The third-order valence-electron chi connectivity index (χ3n) is 3.65. The Labute approximate surface area is 112 Å². The number of halogens is 2. The molecule has 0 saturated carbocycles. The van der Waals surface area contributed by atoms with Crippen molar-refractivity contribution in [2.45, 2.75) is 44.6 Å². The normalized spacial score (nSPS) is 21.1. The van der Waals surface area contributed by atoms with E-state index in [-0.39, 0.29) is 5.56 Å². The van der Waals surface area contributed by atoms with Gasteiger partial charge in [0.25, 0.3) is 0 Å². The third kappa shape index (κ3) is 3.39. The first-order chi connectivity index (χ1) is 9.24. The number of rotatable bonds is 3. The maximum Gasteiger partial charge on any atom is 0.131 e. The summed E-state index contributed by atoms with van der Waals surface area (Å²) in [6.07, 6.45) is 8.41. The van der Waals surface area contributed by atoms with Crippen LogP contribution in [0.2, 0.25) is 0 Å². The molecule has 1 aromatic rings. The standard InChI is InChI=1S/C15H20F2N2/c16-12-9-6-10-13(17)14(12)15(19-18)11-7-4-2-1-3-5-8-11/h6-7,9-10,15,19H,1-5,8,18H2/b11-7+. The molecule has 0 fully saturated rings. The molecule has 1 aliphatic rings. The zero-order chi connectivity index (χ0) is 13.7. The van der Waals surface area contributed by atoms with Gasteiger partial charge < -0.3 is 0 Å². The van der Waals surface area contributed by atoms with Crippen LogP contribution in [0.1, 0.15) is 50.1 Å². The Morgan fingerprint density at radius 3 is 2.42 bits per heavy atom. The Bertz CT molecular complexity index is 437. The second kappa shape index (κ2) is 6.78. The summed E-state index contributed by atoms with van der Waals surface area (Å²) in [7, 11) is 0. The van der Waals surface area contributed by atoms with Crippen molar-refractivity contribution >= 4 is 0 Å². The quantitative estimate of drug-likeness (QED) is 0.497. The van der Waals surface area contributed by atoms with Crippen LogP contribution in [0.4, 0.5) is 8.78 Å². The van der Waals surface area contributed by atoms with Crippen molar-refractivity contribution in [1.82, 2.24) is 5.43 Å². The molecule has 0 radical (unpaired) electrons. The predicted octanol–water partition coefficient (Wildman–Crippen LogP) is 3.75. The summed E-state index contributed by atoms with van der Waals surface area (Å²) in [5.41, 5.74) is 3.59. The predicted molar refractivity (Wildman–Crippen MR) is 72.2 cm³/mol. The van der Waals surface area contributed by atoms with Crippen LogP contribution >= 0.6 is 0 Å². The van der Waals surface area contributed by atoms with Crippen LogP contribution in [0.5, 0.6) is 0 Å². The van der Waals surface area contributed by atoms with E-state index < -0.39 is 17.7 Å². The van der Waals surface area contributed by atoms with E-state index in [0.29, 0.717) is 0 Å². The molecule has 19 heavy (non-hydrogen) atoms. The topological polar surface area (TPSA) is 38.0 Å². The highest BCUT2D eigenvalue weighted by Crippen LogP contribution is 2.31. The molecule has 1 aromatic carbocycles. The summed E-state index contributed by atoms with van der Waals surface area (Å²) < 4.78 is 27.7. The third-order valence-corrected chi connectivity index (χ3v) is 3.65. The minimum atomic E-state index is -0.570. The SMILES string of the molecule is NNC(/C1=C/CCCCCC1)c1c(F)cccc1F. The van der Waals surface area contributed by atoms with Gasteiger partial charge in [0.15, 0.2) is 0 Å². The fourth-order valence-electron chi connectivity index (χ4n) is 2.64. The Balaban J connectivity index is 2.32. The molecule has 0 amide bonds. The monoisotopic (exact) mass is 266 g/mol. The van der Waals surface area contributed by atoms with Gasteiger partial charge in [0.2, 0.25) is 0 Å². The first kappa shape index (κ1) is 14.2. The van der Waals surface area contributed by atoms with Gasteiger partial charge in [0, 0.05) is 5.56 Å². The van der Waals surface area contributed by atoms with Crippen molar-refractivity contribution in [3.8, 4) is 0 Å². The van der Waals surface area contributed by atoms with Crippen molar-refractivity contribution in [3.05, 3.63) is 47.0 Å². The van der Waals surface area contributed by atoms with Gasteiger partial charge in [0.05, 0.1) is 6.04 Å². The van der Waals surface area contributed by atoms with Gasteiger partial charge in [-0.15, -0.1) is 0 Å². The minimum absolute atomic E-state index is 0.0248. The van der Waals surface area contributed by atoms with Gasteiger partial charge in [-0.1, -0.05) is 30.6 Å². The molecule has 1 atom stereocenters. The Hall–Kier alpha value is -1.26. The van der Waals surface area contributed by atoms with Gasteiger partial charge in [-0.3, -0.25) is 5.84 Å². The van der Waals surface area contributed by atoms with E-state index in [1.54, 1.807) is 0 Å². The summed E-state index contributed by atoms with van der Waals surface area (Å²) in [4.78, 5) is 0. The van der Waals surface area contributed by atoms with Crippen molar-refractivity contribution in [2.75, 3.05) is 0 Å². The molecule has 0 heterocycles. The molecule has 0 aromatic heterocycles. The summed E-state index contributed by atoms with van der Waals surface area (Å²) >= 11 is 0. The lowest BCUT2D eigenvalue weighted by atomic mass is 9.91. The lowest BCUT2D eigenvalue weighted by Gasteiger charge is -2.22. The van der Waals surface area contributed by atoms with Crippen LogP contribution in [-0.2, 0) is 0 Å². The maximum atomic E-state index is 13.9. The van der Waals surface area contributed by atoms with Gasteiger partial charge in [-0.05, 0) is 37.8 Å². The molecule has 0 bridgehead atoms. The van der Waals surface area contributed by atoms with Crippen molar-refractivity contribution in [1.29, 1.82) is 0 Å². The first-order valence-electron chi connectivity index (χ1n) is 6.83. The van der Waals surface area contributed by atoms with E-state index in [2.05, 4.69) is 11.5 Å². The lowest BCUT2D eigenvalue weighted by molar-refractivity contribution is 0.490. The average molecular weight is 266 g/mol. The molecule has 1 unspecified atom stereocenters. The van der Waals surface area contributed by atoms with E-state index in [4.69, 9.17) is 5.84 Å². The zero-order valence-corrected chi connectivity index (χ0v) is 11.0. The van der Waals surface area contributed by atoms with Crippen molar-refractivity contribution < 1.29 is 8.78 Å². The van der Waals surface area contributed by atoms with Gasteiger partial charge in [0.1, 0.15) is 11.6 Å². The van der Waals surface area contributed by atoms with Crippen LogP contribution < -0.4 is 11.3 Å². The van der Waals surface area contributed by atoms with Gasteiger partial charge >= 0.3 is 0 Å². The van der Waals surface area contributed by atoms with E-state index >= 15 is 0 Å². The molecule has 104 valence electrons. The number of nitrogens with one attached hydrogen (secondary N) is 1. The maximum absolute atomic E-state index is 13.9. The lowest BCUT2D eigenvalue weighted by Crippen LogP contribution is -2.31. The summed E-state index contributed by atoms with van der Waals surface area (Å²) in [5, 5.41) is 0. The Kier molecular flexibility index (Phi) is 5.05. The van der Waals surface area contributed by atoms with Crippen molar-refractivity contribution in [3.63, 3.8) is 0 Å². The van der Waals surface area contributed by atoms with E-state index in [1.165, 1.54) is 24.6 Å². The number of hydrogen-bond donors (Lipinski definition) is 2. The van der Waals surface area contributed by atoms with Crippen LogP contribution in [0, 0.1) is 11.6 Å². The summed E-state index contributed by atoms with van der Waals surface area (Å²) in [6.45, 7) is 0. The molecular weight excluding hydrogens is 246 g/mol. The zero-order valence-electron chi connectivity index (χ0n) is 11.0. The minimum Gasteiger partial charge on any atom is -0.271 e. The number of benzene rings is 1. The molecule has 0 aliphatic heterocycles. The first-order valence-corrected chi connectivity index (χ1v) is 6.83. The highest BCUT2D eigenvalue weighted by molar-refractivity contribution is 5.31. The highest BCUT2D eigenvalue weighted by atomic mass is 19.1. The molecule has 3 N–H and O–H groups in total. The van der Waals surface area contributed by atoms with E-state index in [0.717, 1.165) is 37.7 Å². The number of nitrogens with two attached hydrogens (primary N) is 1. The average Bonchev–Trinajstić information content (AvgIpc) is 2.35. The molecule has 2 nitrogen and oxygen atoms in total. The fourth-order valence-corrected chi connectivity index (χ4v) is 2.64. The van der Waals surface area contributed by atoms with Crippen LogP contribution in [0.3, 0.4) is 0 Å². The summed E-state index contributed by atoms with van der Waals surface area (Å²) in [6, 6.07) is 3.34. The van der Waals surface area contributed by atoms with Crippen LogP contribution in [0.15, 0.2) is 29.8 Å². The Morgan fingerprint density at radius 1 is 1.05 bits per heavy atom. The van der Waals surface area contributed by atoms with Gasteiger partial charge in [-0.25, -0.2) is 14.2 Å². The highest BCUT2D eigenvalue weighted by Gasteiger charge is 2.22.